The lowest BCUT2D eigenvalue weighted by Gasteiger charge is -2.03. The molecular weight excluding hydrogens is 168 g/mol. The summed E-state index contributed by atoms with van der Waals surface area (Å²) < 4.78 is 12.6. The van der Waals surface area contributed by atoms with Gasteiger partial charge < -0.3 is 0 Å². The molecule has 0 heterocycles. The van der Waals surface area contributed by atoms with E-state index >= 15 is 0 Å². The van der Waals surface area contributed by atoms with E-state index in [0.29, 0.717) is 0 Å². The Labute approximate surface area is 68.2 Å². The molecule has 4 heteroatoms. The molecule has 0 saturated heterocycles. The summed E-state index contributed by atoms with van der Waals surface area (Å²) in [5.74, 6) is 0. The van der Waals surface area contributed by atoms with Crippen molar-refractivity contribution in [3.05, 3.63) is 0 Å². The molecule has 0 bridgehead atoms. The molecule has 0 saturated carbocycles. The van der Waals surface area contributed by atoms with Crippen molar-refractivity contribution in [1.29, 1.82) is 0 Å². The molecule has 0 aliphatic carbocycles. The first kappa shape index (κ1) is 10.3. The van der Waals surface area contributed by atoms with E-state index in [1.807, 2.05) is 0 Å². The molecule has 60 valence electrons. The van der Waals surface area contributed by atoms with Gasteiger partial charge in [-0.2, -0.15) is 0 Å². The molecule has 0 fully saturated rings. The minimum absolute atomic E-state index is 0.840. The number of hydrogen-bond donors (Lipinski definition) is 0. The maximum absolute atomic E-state index is 10.8. The Hall–Kier alpha value is 0.350. The van der Waals surface area contributed by atoms with E-state index in [1.165, 1.54) is 0 Å². The van der Waals surface area contributed by atoms with Gasteiger partial charge in [-0.15, -0.1) is 0 Å². The van der Waals surface area contributed by atoms with Crippen molar-refractivity contribution in [3.63, 3.8) is 0 Å². The van der Waals surface area contributed by atoms with Crippen LogP contribution in [0.5, 0.6) is 0 Å². The van der Waals surface area contributed by atoms with Crippen LogP contribution in [0, 0.1) is 0 Å². The van der Waals surface area contributed by atoms with E-state index in [9.17, 15) is 4.57 Å². The normalized spacial score (nSPS) is 12.2. The summed E-state index contributed by atoms with van der Waals surface area (Å²) in [6, 6.07) is 0. The number of halogens is 1. The molecule has 0 aromatic heterocycles. The van der Waals surface area contributed by atoms with Crippen LogP contribution < -0.4 is 0 Å². The number of nitrogens with zero attached hydrogens (tertiary/aromatic N) is 1. The standard InChI is InChI=1S/C6H14ClNOP/c1-3-5-8(6-4-2)10(7)9/h3-6H2,1-2H3/q+1. The molecule has 0 N–H and O–H groups in total. The lowest BCUT2D eigenvalue weighted by Crippen LogP contribution is -2.15. The number of rotatable bonds is 5. The molecule has 0 spiro atoms. The van der Waals surface area contributed by atoms with Crippen molar-refractivity contribution in [3.8, 4) is 0 Å². The highest BCUT2D eigenvalue weighted by molar-refractivity contribution is 7.71. The van der Waals surface area contributed by atoms with Gasteiger partial charge in [0.1, 0.15) is 0 Å². The lowest BCUT2D eigenvalue weighted by molar-refractivity contribution is 0.430. The first-order valence-electron chi connectivity index (χ1n) is 3.60. The molecule has 0 aromatic carbocycles. The fourth-order valence-electron chi connectivity index (χ4n) is 0.785. The van der Waals surface area contributed by atoms with Gasteiger partial charge in [0.2, 0.25) is 11.2 Å². The second kappa shape index (κ2) is 6.09. The highest BCUT2D eigenvalue weighted by Crippen LogP contribution is 2.31. The van der Waals surface area contributed by atoms with E-state index in [2.05, 4.69) is 13.8 Å². The molecule has 0 radical (unpaired) electrons. The molecule has 2 nitrogen and oxygen atoms in total. The van der Waals surface area contributed by atoms with Gasteiger partial charge in [-0.05, 0) is 17.4 Å². The summed E-state index contributed by atoms with van der Waals surface area (Å²) in [4.78, 5) is 0. The molecule has 1 unspecified atom stereocenters. The van der Waals surface area contributed by atoms with Crippen molar-refractivity contribution >= 4 is 18.5 Å². The molecule has 0 rings (SSSR count). The van der Waals surface area contributed by atoms with Crippen LogP contribution in [0.1, 0.15) is 26.7 Å². The van der Waals surface area contributed by atoms with Crippen molar-refractivity contribution in [1.82, 2.24) is 4.67 Å². The van der Waals surface area contributed by atoms with Crippen LogP contribution in [0.25, 0.3) is 0 Å². The minimum atomic E-state index is -1.62. The van der Waals surface area contributed by atoms with E-state index in [1.54, 1.807) is 4.67 Å². The highest BCUT2D eigenvalue weighted by Gasteiger charge is 2.22. The van der Waals surface area contributed by atoms with E-state index in [-0.39, 0.29) is 0 Å². The second-order valence-electron chi connectivity index (χ2n) is 2.18. The molecule has 0 amide bonds. The third-order valence-corrected chi connectivity index (χ3v) is 2.67. The molecule has 10 heavy (non-hydrogen) atoms. The van der Waals surface area contributed by atoms with Crippen LogP contribution in [0.3, 0.4) is 0 Å². The van der Waals surface area contributed by atoms with Crippen molar-refractivity contribution < 1.29 is 4.57 Å². The summed E-state index contributed by atoms with van der Waals surface area (Å²) >= 11 is 5.44. The number of hydrogen-bond acceptors (Lipinski definition) is 1. The van der Waals surface area contributed by atoms with Gasteiger partial charge in [0.15, 0.2) is 0 Å². The molecular formula is C6H14ClNOP+. The van der Waals surface area contributed by atoms with E-state index in [0.717, 1.165) is 25.9 Å². The predicted octanol–water partition coefficient (Wildman–Crippen LogP) is 3.00. The fourth-order valence-corrected chi connectivity index (χ4v) is 1.95. The largest absolute Gasteiger partial charge is 0.556 e. The third-order valence-electron chi connectivity index (χ3n) is 1.19. The predicted molar refractivity (Wildman–Crippen MR) is 45.6 cm³/mol. The van der Waals surface area contributed by atoms with Crippen LogP contribution in [0.15, 0.2) is 0 Å². The highest BCUT2D eigenvalue weighted by atomic mass is 35.7. The quantitative estimate of drug-likeness (QED) is 0.610. The third kappa shape index (κ3) is 4.21. The summed E-state index contributed by atoms with van der Waals surface area (Å²) in [5.41, 5.74) is 0. The Morgan fingerprint density at radius 2 is 1.70 bits per heavy atom. The van der Waals surface area contributed by atoms with Gasteiger partial charge in [0.05, 0.1) is 0 Å². The second-order valence-corrected chi connectivity index (χ2v) is 4.07. The zero-order chi connectivity index (χ0) is 7.98. The van der Waals surface area contributed by atoms with Gasteiger partial charge in [0, 0.05) is 13.1 Å². The Bertz CT molecular complexity index is 104. The zero-order valence-electron chi connectivity index (χ0n) is 6.51. The molecule has 0 aliphatic rings. The Kier molecular flexibility index (Phi) is 6.30. The summed E-state index contributed by atoms with van der Waals surface area (Å²) in [6.45, 7) is 5.79. The van der Waals surface area contributed by atoms with Crippen molar-refractivity contribution in [2.24, 2.45) is 0 Å². The average molecular weight is 183 g/mol. The molecule has 0 aromatic rings. The fraction of sp³-hybridized carbons (Fsp3) is 1.00. The van der Waals surface area contributed by atoms with Crippen molar-refractivity contribution in [2.75, 3.05) is 13.1 Å². The first-order chi connectivity index (χ1) is 4.72. The Balaban J connectivity index is 3.61. The van der Waals surface area contributed by atoms with Crippen LogP contribution in [0.4, 0.5) is 0 Å². The topological polar surface area (TPSA) is 20.3 Å². The van der Waals surface area contributed by atoms with Crippen LogP contribution >= 0.6 is 18.5 Å². The zero-order valence-corrected chi connectivity index (χ0v) is 8.16. The first-order valence-corrected chi connectivity index (χ1v) is 5.72. The monoisotopic (exact) mass is 182 g/mol. The summed E-state index contributed by atoms with van der Waals surface area (Å²) in [7, 11) is -1.62. The maximum Gasteiger partial charge on any atom is 0.556 e. The smallest absolute Gasteiger partial charge is 0.0801 e. The van der Waals surface area contributed by atoms with Crippen molar-refractivity contribution in [2.45, 2.75) is 26.7 Å². The van der Waals surface area contributed by atoms with Gasteiger partial charge in [-0.1, -0.05) is 18.5 Å². The SMILES string of the molecule is CCCN(CCC)[P+](=O)Cl. The van der Waals surface area contributed by atoms with Gasteiger partial charge in [-0.3, -0.25) is 0 Å². The van der Waals surface area contributed by atoms with Gasteiger partial charge >= 0.3 is 7.30 Å². The van der Waals surface area contributed by atoms with Gasteiger partial charge in [-0.25, -0.2) is 0 Å². The lowest BCUT2D eigenvalue weighted by atomic mass is 10.4. The van der Waals surface area contributed by atoms with Crippen LogP contribution in [-0.4, -0.2) is 17.8 Å². The Morgan fingerprint density at radius 3 is 1.90 bits per heavy atom. The summed E-state index contributed by atoms with van der Waals surface area (Å²) in [6.07, 6.45) is 2.02. The maximum atomic E-state index is 10.8. The van der Waals surface area contributed by atoms with Crippen LogP contribution in [0.2, 0.25) is 0 Å². The average Bonchev–Trinajstić information content (AvgIpc) is 1.87. The van der Waals surface area contributed by atoms with Gasteiger partial charge in [0.25, 0.3) is 0 Å². The summed E-state index contributed by atoms with van der Waals surface area (Å²) in [5, 5.41) is 0. The van der Waals surface area contributed by atoms with Crippen LogP contribution in [-0.2, 0) is 4.57 Å². The van der Waals surface area contributed by atoms with E-state index < -0.39 is 7.30 Å². The Morgan fingerprint density at radius 1 is 1.30 bits per heavy atom. The molecule has 1 atom stereocenters. The molecule has 0 aliphatic heterocycles. The van der Waals surface area contributed by atoms with E-state index in [4.69, 9.17) is 11.2 Å². The minimum Gasteiger partial charge on any atom is -0.0801 e.